The lowest BCUT2D eigenvalue weighted by Crippen LogP contribution is -2.38. The predicted molar refractivity (Wildman–Crippen MR) is 93.3 cm³/mol. The summed E-state index contributed by atoms with van der Waals surface area (Å²) in [6, 6.07) is 6.83. The van der Waals surface area contributed by atoms with E-state index in [2.05, 4.69) is 15.7 Å². The maximum atomic E-state index is 12.1. The molecule has 0 unspecified atom stereocenters. The van der Waals surface area contributed by atoms with Crippen LogP contribution in [0.1, 0.15) is 12.6 Å². The first kappa shape index (κ1) is 19.1. The van der Waals surface area contributed by atoms with Crippen LogP contribution < -0.4 is 16.2 Å². The molecule has 2 amide bonds. The van der Waals surface area contributed by atoms with Gasteiger partial charge in [0.1, 0.15) is 0 Å². The summed E-state index contributed by atoms with van der Waals surface area (Å²) in [6.07, 6.45) is -0.182. The minimum absolute atomic E-state index is 0.182. The van der Waals surface area contributed by atoms with Gasteiger partial charge in [-0.25, -0.2) is 4.68 Å². The third kappa shape index (κ3) is 4.88. The Morgan fingerprint density at radius 1 is 1.12 bits per heavy atom. The fourth-order valence-corrected chi connectivity index (χ4v) is 2.33. The Hall–Kier alpha value is -3.23. The quantitative estimate of drug-likeness (QED) is 0.629. The Morgan fingerprint density at radius 2 is 1.81 bits per heavy atom. The first-order chi connectivity index (χ1) is 12.4. The van der Waals surface area contributed by atoms with E-state index in [0.29, 0.717) is 23.0 Å². The fourth-order valence-electron chi connectivity index (χ4n) is 2.33. The van der Waals surface area contributed by atoms with Crippen molar-refractivity contribution in [3.8, 4) is 0 Å². The van der Waals surface area contributed by atoms with Gasteiger partial charge >= 0.3 is 5.97 Å². The largest absolute Gasteiger partial charge is 0.455 e. The van der Waals surface area contributed by atoms with Gasteiger partial charge in [0.25, 0.3) is 11.5 Å². The Morgan fingerprint density at radius 3 is 2.50 bits per heavy atom. The second kappa shape index (κ2) is 8.75. The zero-order chi connectivity index (χ0) is 19.1. The SMILES string of the molecule is CCNC(=O)CNC(=O)COC(=O)Cc1nn(C)c(=O)c2ccccc12. The molecule has 0 aliphatic rings. The van der Waals surface area contributed by atoms with E-state index in [4.69, 9.17) is 4.74 Å². The Balaban J connectivity index is 1.95. The molecule has 0 saturated carbocycles. The van der Waals surface area contributed by atoms with Gasteiger partial charge in [-0.1, -0.05) is 18.2 Å². The van der Waals surface area contributed by atoms with Gasteiger partial charge in [0.15, 0.2) is 6.61 Å². The van der Waals surface area contributed by atoms with E-state index >= 15 is 0 Å². The number of ether oxygens (including phenoxy) is 1. The standard InChI is InChI=1S/C17H20N4O5/c1-3-18-14(22)9-19-15(23)10-26-16(24)8-13-11-6-4-5-7-12(11)17(25)21(2)20-13/h4-7H,3,8-10H2,1-2H3,(H,18,22)(H,19,23). The predicted octanol–water partition coefficient (Wildman–Crippen LogP) is -0.728. The number of benzene rings is 1. The Bertz CT molecular complexity index is 890. The van der Waals surface area contributed by atoms with Crippen molar-refractivity contribution in [3.05, 3.63) is 40.3 Å². The number of fused-ring (bicyclic) bond motifs is 1. The maximum absolute atomic E-state index is 12.1. The van der Waals surface area contributed by atoms with Crippen LogP contribution in [-0.2, 0) is 32.6 Å². The van der Waals surface area contributed by atoms with Crippen LogP contribution in [0.25, 0.3) is 10.8 Å². The lowest BCUT2D eigenvalue weighted by atomic mass is 10.1. The molecule has 0 aliphatic carbocycles. The molecule has 1 aromatic carbocycles. The van der Waals surface area contributed by atoms with Gasteiger partial charge in [-0.2, -0.15) is 5.10 Å². The van der Waals surface area contributed by atoms with Crippen LogP contribution in [0.4, 0.5) is 0 Å². The highest BCUT2D eigenvalue weighted by Gasteiger charge is 2.14. The van der Waals surface area contributed by atoms with Crippen LogP contribution in [0.5, 0.6) is 0 Å². The number of hydrogen-bond donors (Lipinski definition) is 2. The van der Waals surface area contributed by atoms with E-state index in [0.717, 1.165) is 4.68 Å². The summed E-state index contributed by atoms with van der Waals surface area (Å²) in [4.78, 5) is 46.9. The van der Waals surface area contributed by atoms with E-state index in [1.54, 1.807) is 31.2 Å². The van der Waals surface area contributed by atoms with E-state index in [1.165, 1.54) is 7.05 Å². The van der Waals surface area contributed by atoms with Crippen LogP contribution in [0.15, 0.2) is 29.1 Å². The number of aryl methyl sites for hydroxylation is 1. The van der Waals surface area contributed by atoms with Gasteiger partial charge in [0.05, 0.1) is 24.0 Å². The number of likely N-dealkylation sites (N-methyl/N-ethyl adjacent to an activating group) is 1. The highest BCUT2D eigenvalue weighted by molar-refractivity contribution is 5.88. The molecule has 1 heterocycles. The summed E-state index contributed by atoms with van der Waals surface area (Å²) >= 11 is 0. The van der Waals surface area contributed by atoms with E-state index < -0.39 is 18.5 Å². The molecule has 0 aliphatic heterocycles. The van der Waals surface area contributed by atoms with Gasteiger partial charge < -0.3 is 15.4 Å². The van der Waals surface area contributed by atoms with E-state index in [-0.39, 0.29) is 24.4 Å². The van der Waals surface area contributed by atoms with Crippen LogP contribution >= 0.6 is 0 Å². The van der Waals surface area contributed by atoms with Crippen molar-refractivity contribution < 1.29 is 19.1 Å². The number of aromatic nitrogens is 2. The third-order valence-electron chi connectivity index (χ3n) is 3.53. The molecule has 0 radical (unpaired) electrons. The molecule has 0 saturated heterocycles. The molecular formula is C17H20N4O5. The minimum Gasteiger partial charge on any atom is -0.455 e. The number of nitrogens with zero attached hydrogens (tertiary/aromatic N) is 2. The summed E-state index contributed by atoms with van der Waals surface area (Å²) < 4.78 is 6.07. The minimum atomic E-state index is -0.658. The summed E-state index contributed by atoms with van der Waals surface area (Å²) in [6.45, 7) is 1.54. The number of rotatable bonds is 7. The molecule has 1 aromatic heterocycles. The Labute approximate surface area is 149 Å². The summed E-state index contributed by atoms with van der Waals surface area (Å²) in [5.41, 5.74) is 0.123. The molecule has 2 rings (SSSR count). The van der Waals surface area contributed by atoms with Crippen molar-refractivity contribution in [2.24, 2.45) is 7.05 Å². The molecular weight excluding hydrogens is 340 g/mol. The molecule has 0 fully saturated rings. The van der Waals surface area contributed by atoms with Gasteiger partial charge in [0.2, 0.25) is 5.91 Å². The fraction of sp³-hybridized carbons (Fsp3) is 0.353. The molecule has 9 nitrogen and oxygen atoms in total. The number of esters is 1. The molecule has 26 heavy (non-hydrogen) atoms. The van der Waals surface area contributed by atoms with Crippen LogP contribution in [0, 0.1) is 0 Å². The van der Waals surface area contributed by atoms with Crippen molar-refractivity contribution >= 4 is 28.6 Å². The summed E-state index contributed by atoms with van der Waals surface area (Å²) in [7, 11) is 1.50. The zero-order valence-corrected chi connectivity index (χ0v) is 14.6. The van der Waals surface area contributed by atoms with Gasteiger partial charge in [-0.3, -0.25) is 19.2 Å². The lowest BCUT2D eigenvalue weighted by Gasteiger charge is -2.09. The van der Waals surface area contributed by atoms with Gasteiger partial charge in [0, 0.05) is 19.0 Å². The van der Waals surface area contributed by atoms with Gasteiger partial charge in [-0.15, -0.1) is 0 Å². The molecule has 138 valence electrons. The van der Waals surface area contributed by atoms with Crippen LogP contribution in [0.3, 0.4) is 0 Å². The average molecular weight is 360 g/mol. The maximum Gasteiger partial charge on any atom is 0.312 e. The topological polar surface area (TPSA) is 119 Å². The highest BCUT2D eigenvalue weighted by atomic mass is 16.5. The molecule has 0 bridgehead atoms. The van der Waals surface area contributed by atoms with E-state index in [9.17, 15) is 19.2 Å². The molecule has 0 atom stereocenters. The third-order valence-corrected chi connectivity index (χ3v) is 3.53. The van der Waals surface area contributed by atoms with Crippen molar-refractivity contribution in [3.63, 3.8) is 0 Å². The second-order valence-electron chi connectivity index (χ2n) is 5.49. The lowest BCUT2D eigenvalue weighted by molar-refractivity contribution is -0.148. The normalized spacial score (nSPS) is 10.4. The molecule has 9 heteroatoms. The van der Waals surface area contributed by atoms with Crippen molar-refractivity contribution in [1.82, 2.24) is 20.4 Å². The van der Waals surface area contributed by atoms with Crippen LogP contribution in [0.2, 0.25) is 0 Å². The molecule has 2 aromatic rings. The summed E-state index contributed by atoms with van der Waals surface area (Å²) in [5, 5.41) is 9.98. The number of amides is 2. The smallest absolute Gasteiger partial charge is 0.312 e. The monoisotopic (exact) mass is 360 g/mol. The first-order valence-electron chi connectivity index (χ1n) is 8.06. The zero-order valence-electron chi connectivity index (χ0n) is 14.6. The molecule has 0 spiro atoms. The van der Waals surface area contributed by atoms with Crippen molar-refractivity contribution in [2.75, 3.05) is 19.7 Å². The van der Waals surface area contributed by atoms with Crippen LogP contribution in [-0.4, -0.2) is 47.3 Å². The number of carbonyl (C=O) groups is 3. The Kier molecular flexibility index (Phi) is 6.42. The average Bonchev–Trinajstić information content (AvgIpc) is 2.63. The highest BCUT2D eigenvalue weighted by Crippen LogP contribution is 2.13. The molecule has 2 N–H and O–H groups in total. The van der Waals surface area contributed by atoms with E-state index in [1.807, 2.05) is 0 Å². The number of hydrogen-bond acceptors (Lipinski definition) is 6. The van der Waals surface area contributed by atoms with Crippen molar-refractivity contribution in [1.29, 1.82) is 0 Å². The summed E-state index contributed by atoms with van der Waals surface area (Å²) in [5.74, 6) is -1.56. The van der Waals surface area contributed by atoms with Crippen molar-refractivity contribution in [2.45, 2.75) is 13.3 Å². The second-order valence-corrected chi connectivity index (χ2v) is 5.49. The number of carbonyl (C=O) groups excluding carboxylic acids is 3. The van der Waals surface area contributed by atoms with Gasteiger partial charge in [-0.05, 0) is 13.0 Å². The number of nitrogens with one attached hydrogen (secondary N) is 2. The first-order valence-corrected chi connectivity index (χ1v) is 8.06.